The number of amides is 4. The summed E-state index contributed by atoms with van der Waals surface area (Å²) in [6.07, 6.45) is 0. The molecule has 0 fully saturated rings. The van der Waals surface area contributed by atoms with Gasteiger partial charge in [-0.25, -0.2) is 0 Å². The predicted octanol–water partition coefficient (Wildman–Crippen LogP) is 1.78. The summed E-state index contributed by atoms with van der Waals surface area (Å²) in [4.78, 5) is 52.0. The van der Waals surface area contributed by atoms with Crippen LogP contribution in [0.5, 0.6) is 5.75 Å². The molecular weight excluding hydrogens is 374 g/mol. The van der Waals surface area contributed by atoms with Crippen LogP contribution >= 0.6 is 0 Å². The lowest BCUT2D eigenvalue weighted by Gasteiger charge is -2.23. The van der Waals surface area contributed by atoms with Gasteiger partial charge in [0.15, 0.2) is 0 Å². The Bertz CT molecular complexity index is 920. The number of methoxy groups -OCH3 is 1. The first-order valence-electron chi connectivity index (χ1n) is 9.11. The molecule has 150 valence electrons. The summed E-state index contributed by atoms with van der Waals surface area (Å²) in [6.45, 7) is 1.39. The van der Waals surface area contributed by atoms with Crippen LogP contribution in [0.25, 0.3) is 0 Å². The zero-order chi connectivity index (χ0) is 21.0. The van der Waals surface area contributed by atoms with Crippen molar-refractivity contribution in [2.45, 2.75) is 6.92 Å². The summed E-state index contributed by atoms with van der Waals surface area (Å²) in [6, 6.07) is 13.2. The van der Waals surface area contributed by atoms with Crippen molar-refractivity contribution >= 4 is 29.3 Å². The molecule has 2 aromatic carbocycles. The molecule has 4 amide bonds. The Balaban J connectivity index is 1.61. The van der Waals surface area contributed by atoms with Crippen molar-refractivity contribution in [1.29, 1.82) is 0 Å². The largest absolute Gasteiger partial charge is 0.497 e. The fraction of sp³-hybridized carbons (Fsp3) is 0.238. The molecule has 0 saturated heterocycles. The third-order valence-corrected chi connectivity index (χ3v) is 4.61. The summed E-state index contributed by atoms with van der Waals surface area (Å²) in [7, 11) is 1.55. The number of nitrogens with zero attached hydrogens (tertiary/aromatic N) is 2. The molecule has 0 radical (unpaired) electrons. The summed E-state index contributed by atoms with van der Waals surface area (Å²) < 4.78 is 5.07. The van der Waals surface area contributed by atoms with Gasteiger partial charge in [-0.3, -0.25) is 24.1 Å². The maximum atomic E-state index is 12.6. The zero-order valence-corrected chi connectivity index (χ0v) is 16.2. The van der Waals surface area contributed by atoms with Crippen LogP contribution in [0, 0.1) is 0 Å². The molecule has 0 bridgehead atoms. The van der Waals surface area contributed by atoms with Crippen molar-refractivity contribution in [3.63, 3.8) is 0 Å². The van der Waals surface area contributed by atoms with Gasteiger partial charge in [0.25, 0.3) is 11.8 Å². The van der Waals surface area contributed by atoms with Crippen molar-refractivity contribution < 1.29 is 23.9 Å². The third-order valence-electron chi connectivity index (χ3n) is 4.61. The van der Waals surface area contributed by atoms with E-state index in [0.717, 1.165) is 4.90 Å². The number of carbonyl (C=O) groups is 4. The van der Waals surface area contributed by atoms with Gasteiger partial charge in [-0.05, 0) is 43.3 Å². The molecule has 0 saturated carbocycles. The molecule has 29 heavy (non-hydrogen) atoms. The fourth-order valence-corrected chi connectivity index (χ4v) is 3.04. The molecule has 8 heteroatoms. The molecule has 1 aliphatic rings. The second-order valence-corrected chi connectivity index (χ2v) is 6.43. The van der Waals surface area contributed by atoms with E-state index in [1.54, 1.807) is 62.6 Å². The first kappa shape index (κ1) is 20.1. The van der Waals surface area contributed by atoms with Gasteiger partial charge in [0.2, 0.25) is 11.8 Å². The van der Waals surface area contributed by atoms with Gasteiger partial charge < -0.3 is 15.0 Å². The highest BCUT2D eigenvalue weighted by Gasteiger charge is 2.37. The first-order chi connectivity index (χ1) is 13.9. The van der Waals surface area contributed by atoms with E-state index in [1.807, 2.05) is 0 Å². The highest BCUT2D eigenvalue weighted by molar-refractivity contribution is 6.22. The van der Waals surface area contributed by atoms with Crippen LogP contribution in [0.1, 0.15) is 27.6 Å². The van der Waals surface area contributed by atoms with Gasteiger partial charge in [-0.15, -0.1) is 0 Å². The molecule has 2 aromatic rings. The Morgan fingerprint density at radius 1 is 1.00 bits per heavy atom. The molecule has 8 nitrogen and oxygen atoms in total. The minimum Gasteiger partial charge on any atom is -0.497 e. The number of fused-ring (bicyclic) bond motifs is 1. The molecule has 1 heterocycles. The number of likely N-dealkylation sites (N-methyl/N-ethyl adjacent to an activating group) is 1. The van der Waals surface area contributed by atoms with E-state index in [0.29, 0.717) is 11.4 Å². The molecule has 0 unspecified atom stereocenters. The summed E-state index contributed by atoms with van der Waals surface area (Å²) in [5.41, 5.74) is 1.14. The number of hydrogen-bond donors (Lipinski definition) is 1. The Hall–Kier alpha value is -3.68. The summed E-state index contributed by atoms with van der Waals surface area (Å²) >= 11 is 0. The maximum Gasteiger partial charge on any atom is 0.262 e. The van der Waals surface area contributed by atoms with E-state index in [1.165, 1.54) is 4.90 Å². The average molecular weight is 395 g/mol. The summed E-state index contributed by atoms with van der Waals surface area (Å²) in [5.74, 6) is -1.20. The van der Waals surface area contributed by atoms with Crippen molar-refractivity contribution in [1.82, 2.24) is 9.80 Å². The number of ether oxygens (including phenoxy) is 1. The molecule has 0 spiro atoms. The SMILES string of the molecule is CCN(CC(=O)Nc1ccc(OC)cc1)C(=O)CN1C(=O)c2ccccc2C1=O. The Labute approximate surface area is 168 Å². The molecule has 1 aliphatic heterocycles. The average Bonchev–Trinajstić information content (AvgIpc) is 2.97. The third kappa shape index (κ3) is 4.26. The van der Waals surface area contributed by atoms with Crippen LogP contribution in [0.2, 0.25) is 0 Å². The number of carbonyl (C=O) groups excluding carboxylic acids is 4. The second kappa shape index (κ2) is 8.55. The maximum absolute atomic E-state index is 12.6. The minimum atomic E-state index is -0.502. The Kier molecular flexibility index (Phi) is 5.92. The Morgan fingerprint density at radius 3 is 2.10 bits per heavy atom. The van der Waals surface area contributed by atoms with Gasteiger partial charge in [-0.2, -0.15) is 0 Å². The lowest BCUT2D eigenvalue weighted by Crippen LogP contribution is -2.45. The smallest absolute Gasteiger partial charge is 0.262 e. The van der Waals surface area contributed by atoms with Crippen LogP contribution in [-0.2, 0) is 9.59 Å². The second-order valence-electron chi connectivity index (χ2n) is 6.43. The van der Waals surface area contributed by atoms with Gasteiger partial charge in [0.05, 0.1) is 24.8 Å². The van der Waals surface area contributed by atoms with Crippen LogP contribution in [0.3, 0.4) is 0 Å². The van der Waals surface area contributed by atoms with Gasteiger partial charge >= 0.3 is 0 Å². The van der Waals surface area contributed by atoms with Crippen LogP contribution < -0.4 is 10.1 Å². The molecule has 3 rings (SSSR count). The fourth-order valence-electron chi connectivity index (χ4n) is 3.04. The van der Waals surface area contributed by atoms with E-state index < -0.39 is 24.3 Å². The first-order valence-corrected chi connectivity index (χ1v) is 9.11. The van der Waals surface area contributed by atoms with E-state index in [2.05, 4.69) is 5.32 Å². The lowest BCUT2D eigenvalue weighted by atomic mass is 10.1. The quantitative estimate of drug-likeness (QED) is 0.721. The van der Waals surface area contributed by atoms with E-state index >= 15 is 0 Å². The topological polar surface area (TPSA) is 96.0 Å². The van der Waals surface area contributed by atoms with Crippen LogP contribution in [0.4, 0.5) is 5.69 Å². The minimum absolute atomic E-state index is 0.190. The Morgan fingerprint density at radius 2 is 1.59 bits per heavy atom. The number of nitrogens with one attached hydrogen (secondary N) is 1. The highest BCUT2D eigenvalue weighted by Crippen LogP contribution is 2.22. The van der Waals surface area contributed by atoms with E-state index in [-0.39, 0.29) is 30.1 Å². The molecule has 0 aliphatic carbocycles. The lowest BCUT2D eigenvalue weighted by molar-refractivity contribution is -0.134. The molecule has 0 aromatic heterocycles. The van der Waals surface area contributed by atoms with Crippen molar-refractivity contribution in [3.05, 3.63) is 59.7 Å². The normalized spacial score (nSPS) is 12.6. The number of hydrogen-bond acceptors (Lipinski definition) is 5. The van der Waals surface area contributed by atoms with E-state index in [9.17, 15) is 19.2 Å². The number of imide groups is 1. The number of benzene rings is 2. The van der Waals surface area contributed by atoms with Crippen molar-refractivity contribution in [3.8, 4) is 5.75 Å². The van der Waals surface area contributed by atoms with Crippen molar-refractivity contribution in [2.24, 2.45) is 0 Å². The molecular formula is C21H21N3O5. The monoisotopic (exact) mass is 395 g/mol. The summed E-state index contributed by atoms with van der Waals surface area (Å²) in [5, 5.41) is 2.70. The van der Waals surface area contributed by atoms with E-state index in [4.69, 9.17) is 4.74 Å². The number of anilines is 1. The molecule has 1 N–H and O–H groups in total. The van der Waals surface area contributed by atoms with Gasteiger partial charge in [-0.1, -0.05) is 12.1 Å². The zero-order valence-electron chi connectivity index (χ0n) is 16.2. The van der Waals surface area contributed by atoms with Crippen LogP contribution in [-0.4, -0.2) is 60.2 Å². The number of rotatable bonds is 7. The van der Waals surface area contributed by atoms with Gasteiger partial charge in [0.1, 0.15) is 12.3 Å². The van der Waals surface area contributed by atoms with Crippen molar-refractivity contribution in [2.75, 3.05) is 32.1 Å². The standard InChI is InChI=1S/C21H21N3O5/c1-3-23(12-18(25)22-14-8-10-15(29-2)11-9-14)19(26)13-24-20(27)16-6-4-5-7-17(16)21(24)28/h4-11H,3,12-13H2,1-2H3,(H,22,25). The van der Waals surface area contributed by atoms with Crippen LogP contribution in [0.15, 0.2) is 48.5 Å². The highest BCUT2D eigenvalue weighted by atomic mass is 16.5. The predicted molar refractivity (Wildman–Crippen MR) is 106 cm³/mol. The molecule has 0 atom stereocenters. The van der Waals surface area contributed by atoms with Gasteiger partial charge in [0, 0.05) is 12.2 Å².